The molecular formula is C25H40O3. The molecule has 1 unspecified atom stereocenters. The maximum atomic E-state index is 12.5. The lowest BCUT2D eigenvalue weighted by atomic mass is 9.44. The van der Waals surface area contributed by atoms with Crippen molar-refractivity contribution in [1.29, 1.82) is 0 Å². The second-order valence-corrected chi connectivity index (χ2v) is 11.3. The lowest BCUT2D eigenvalue weighted by molar-refractivity contribution is -0.194. The lowest BCUT2D eigenvalue weighted by Crippen LogP contribution is -2.58. The average molecular weight is 389 g/mol. The average Bonchev–Trinajstić information content (AvgIpc) is 2.99. The largest absolute Gasteiger partial charge is 0.462 e. The van der Waals surface area contributed by atoms with Gasteiger partial charge in [0.05, 0.1) is 5.92 Å². The van der Waals surface area contributed by atoms with Crippen LogP contribution in [0.3, 0.4) is 0 Å². The molecule has 0 radical (unpaired) electrons. The first-order valence-electron chi connectivity index (χ1n) is 11.9. The Morgan fingerprint density at radius 1 is 0.929 bits per heavy atom. The number of esters is 1. The number of hydrogen-bond acceptors (Lipinski definition) is 3. The van der Waals surface area contributed by atoms with Gasteiger partial charge in [0, 0.05) is 11.3 Å². The maximum Gasteiger partial charge on any atom is 0.308 e. The summed E-state index contributed by atoms with van der Waals surface area (Å²) in [6.07, 6.45) is 10.9. The van der Waals surface area contributed by atoms with Gasteiger partial charge in [-0.15, -0.1) is 0 Å². The number of carbonyl (C=O) groups excluding carboxylic acids is 2. The highest BCUT2D eigenvalue weighted by molar-refractivity contribution is 5.79. The Hall–Kier alpha value is -0.860. The van der Waals surface area contributed by atoms with Crippen LogP contribution >= 0.6 is 0 Å². The minimum Gasteiger partial charge on any atom is -0.462 e. The van der Waals surface area contributed by atoms with Crippen molar-refractivity contribution in [3.05, 3.63) is 0 Å². The van der Waals surface area contributed by atoms with Crippen molar-refractivity contribution >= 4 is 11.8 Å². The molecule has 0 saturated heterocycles. The van der Waals surface area contributed by atoms with E-state index in [0.717, 1.165) is 12.8 Å². The van der Waals surface area contributed by atoms with Crippen LogP contribution in [-0.2, 0) is 14.3 Å². The van der Waals surface area contributed by atoms with Crippen LogP contribution in [-0.4, -0.2) is 17.9 Å². The molecule has 0 spiro atoms. The quantitative estimate of drug-likeness (QED) is 0.574. The van der Waals surface area contributed by atoms with Gasteiger partial charge in [-0.2, -0.15) is 0 Å². The highest BCUT2D eigenvalue weighted by Crippen LogP contribution is 2.67. The number of Topliss-reactive ketones (excluding diaryl/α,β-unsaturated/α-hetero) is 1. The van der Waals surface area contributed by atoms with Crippen molar-refractivity contribution in [3.8, 4) is 0 Å². The number of ketones is 1. The van der Waals surface area contributed by atoms with Crippen LogP contribution in [0.4, 0.5) is 0 Å². The number of fused-ring (bicyclic) bond motifs is 5. The molecule has 4 aliphatic carbocycles. The number of rotatable bonds is 3. The molecule has 0 heterocycles. The van der Waals surface area contributed by atoms with Crippen LogP contribution in [0, 0.1) is 46.3 Å². The minimum atomic E-state index is -0.0517. The zero-order chi connectivity index (χ0) is 20.3. The third kappa shape index (κ3) is 2.89. The number of carbonyl (C=O) groups is 2. The summed E-state index contributed by atoms with van der Waals surface area (Å²) in [6.45, 7) is 10.6. The Morgan fingerprint density at radius 2 is 1.68 bits per heavy atom. The van der Waals surface area contributed by atoms with Gasteiger partial charge < -0.3 is 4.74 Å². The van der Waals surface area contributed by atoms with E-state index in [1.165, 1.54) is 44.9 Å². The fraction of sp³-hybridized carbons (Fsp3) is 0.920. The molecule has 0 bridgehead atoms. The molecule has 4 rings (SSSR count). The molecule has 0 aromatic rings. The highest BCUT2D eigenvalue weighted by Gasteiger charge is 2.62. The predicted molar refractivity (Wildman–Crippen MR) is 111 cm³/mol. The third-order valence-electron chi connectivity index (χ3n) is 9.90. The number of ether oxygens (including phenoxy) is 1. The molecule has 0 aromatic carbocycles. The van der Waals surface area contributed by atoms with Crippen molar-refractivity contribution in [2.75, 3.05) is 0 Å². The van der Waals surface area contributed by atoms with Gasteiger partial charge in [-0.05, 0) is 93.8 Å². The van der Waals surface area contributed by atoms with Crippen molar-refractivity contribution < 1.29 is 14.3 Å². The molecule has 8 atom stereocenters. The zero-order valence-electron chi connectivity index (χ0n) is 18.6. The molecule has 4 saturated carbocycles. The van der Waals surface area contributed by atoms with E-state index in [1.54, 1.807) is 0 Å². The zero-order valence-corrected chi connectivity index (χ0v) is 18.6. The first kappa shape index (κ1) is 20.4. The van der Waals surface area contributed by atoms with E-state index in [9.17, 15) is 9.59 Å². The Kier molecular flexibility index (Phi) is 5.20. The Labute approximate surface area is 171 Å². The summed E-state index contributed by atoms with van der Waals surface area (Å²) in [5, 5.41) is 0. The lowest BCUT2D eigenvalue weighted by Gasteiger charge is -2.62. The minimum absolute atomic E-state index is 0.0212. The summed E-state index contributed by atoms with van der Waals surface area (Å²) in [6, 6.07) is 0. The van der Waals surface area contributed by atoms with E-state index in [1.807, 2.05) is 20.8 Å². The second kappa shape index (κ2) is 7.13. The maximum absolute atomic E-state index is 12.5. The summed E-state index contributed by atoms with van der Waals surface area (Å²) < 4.78 is 6.18. The molecule has 4 aliphatic rings. The molecule has 0 N–H and O–H groups in total. The SMILES string of the molecule is CC(=O)[C@H]1CC[C@H]2[C@@H]3CC[C@H]4CCCC(OC(=O)C(C)C)[C@]4(C)[C@H]3CC[C@]12C. The van der Waals surface area contributed by atoms with Gasteiger partial charge in [-0.25, -0.2) is 0 Å². The monoisotopic (exact) mass is 388 g/mol. The van der Waals surface area contributed by atoms with E-state index in [-0.39, 0.29) is 34.7 Å². The van der Waals surface area contributed by atoms with Crippen molar-refractivity contribution in [1.82, 2.24) is 0 Å². The Balaban J connectivity index is 1.63. The van der Waals surface area contributed by atoms with Crippen LogP contribution in [0.25, 0.3) is 0 Å². The van der Waals surface area contributed by atoms with Crippen LogP contribution in [0.5, 0.6) is 0 Å². The van der Waals surface area contributed by atoms with E-state index < -0.39 is 0 Å². The summed E-state index contributed by atoms with van der Waals surface area (Å²) in [5.41, 5.74) is 0.330. The molecular weight excluding hydrogens is 348 g/mol. The van der Waals surface area contributed by atoms with Crippen LogP contribution in [0.15, 0.2) is 0 Å². The molecule has 28 heavy (non-hydrogen) atoms. The number of hydrogen-bond donors (Lipinski definition) is 0. The normalized spacial score (nSPS) is 47.8. The van der Waals surface area contributed by atoms with Gasteiger partial charge in [-0.3, -0.25) is 9.59 Å². The Morgan fingerprint density at radius 3 is 2.36 bits per heavy atom. The van der Waals surface area contributed by atoms with Crippen LogP contribution in [0.1, 0.15) is 92.4 Å². The standard InChI is InChI=1S/C25H40O3/c1-15(2)23(27)28-22-8-6-7-17-9-10-18-20-12-11-19(16(3)26)24(20,4)14-13-21(18)25(17,22)5/h15,17-22H,6-14H2,1-5H3/t17-,18+,19-,20+,21+,22?,24-,25+/m1/s1. The van der Waals surface area contributed by atoms with Gasteiger partial charge in [-0.1, -0.05) is 27.7 Å². The molecule has 3 heteroatoms. The molecule has 0 amide bonds. The van der Waals surface area contributed by atoms with Gasteiger partial charge in [0.2, 0.25) is 0 Å². The molecule has 4 fully saturated rings. The Bertz CT molecular complexity index is 640. The van der Waals surface area contributed by atoms with E-state index in [2.05, 4.69) is 13.8 Å². The summed E-state index contributed by atoms with van der Waals surface area (Å²) in [7, 11) is 0. The first-order chi connectivity index (χ1) is 13.2. The second-order valence-electron chi connectivity index (χ2n) is 11.3. The van der Waals surface area contributed by atoms with Gasteiger partial charge in [0.15, 0.2) is 0 Å². The van der Waals surface area contributed by atoms with Gasteiger partial charge in [0.1, 0.15) is 11.9 Å². The smallest absolute Gasteiger partial charge is 0.308 e. The summed E-state index contributed by atoms with van der Waals surface area (Å²) in [4.78, 5) is 24.8. The fourth-order valence-electron chi connectivity index (χ4n) is 8.42. The van der Waals surface area contributed by atoms with Crippen molar-refractivity contribution in [2.24, 2.45) is 46.3 Å². The molecule has 158 valence electrons. The topological polar surface area (TPSA) is 43.4 Å². The highest BCUT2D eigenvalue weighted by atomic mass is 16.5. The summed E-state index contributed by atoms with van der Waals surface area (Å²) >= 11 is 0. The van der Waals surface area contributed by atoms with E-state index in [4.69, 9.17) is 4.74 Å². The van der Waals surface area contributed by atoms with Gasteiger partial charge in [0.25, 0.3) is 0 Å². The fourth-order valence-corrected chi connectivity index (χ4v) is 8.42. The van der Waals surface area contributed by atoms with E-state index >= 15 is 0 Å². The van der Waals surface area contributed by atoms with Crippen molar-refractivity contribution in [2.45, 2.75) is 98.5 Å². The van der Waals surface area contributed by atoms with Crippen LogP contribution < -0.4 is 0 Å². The summed E-state index contributed by atoms with van der Waals surface area (Å²) in [5.74, 6) is 3.34. The predicted octanol–water partition coefficient (Wildman–Crippen LogP) is 5.80. The van der Waals surface area contributed by atoms with Gasteiger partial charge >= 0.3 is 5.97 Å². The molecule has 0 aliphatic heterocycles. The molecule has 3 nitrogen and oxygen atoms in total. The van der Waals surface area contributed by atoms with E-state index in [0.29, 0.717) is 29.5 Å². The van der Waals surface area contributed by atoms with Crippen molar-refractivity contribution in [3.63, 3.8) is 0 Å². The third-order valence-corrected chi connectivity index (χ3v) is 9.90. The first-order valence-corrected chi connectivity index (χ1v) is 11.9. The van der Waals surface area contributed by atoms with Crippen LogP contribution in [0.2, 0.25) is 0 Å². The molecule has 0 aromatic heterocycles.